The van der Waals surface area contributed by atoms with Crippen molar-refractivity contribution in [1.82, 2.24) is 0 Å². The fourth-order valence-electron chi connectivity index (χ4n) is 1.44. The molecule has 1 atom stereocenters. The number of hydrogen-bond donors (Lipinski definition) is 2. The van der Waals surface area contributed by atoms with Crippen LogP contribution >= 0.6 is 15.9 Å². The van der Waals surface area contributed by atoms with Crippen LogP contribution in [0.25, 0.3) is 0 Å². The van der Waals surface area contributed by atoms with Gasteiger partial charge in [-0.05, 0) is 24.3 Å². The van der Waals surface area contributed by atoms with Crippen LogP contribution in [-0.4, -0.2) is 30.7 Å². The van der Waals surface area contributed by atoms with E-state index in [1.165, 1.54) is 0 Å². The van der Waals surface area contributed by atoms with Gasteiger partial charge in [-0.2, -0.15) is 0 Å². The van der Waals surface area contributed by atoms with E-state index in [-0.39, 0.29) is 12.5 Å². The molecule has 0 spiro atoms. The third-order valence-electron chi connectivity index (χ3n) is 2.21. The van der Waals surface area contributed by atoms with Gasteiger partial charge in [-0.1, -0.05) is 15.9 Å². The van der Waals surface area contributed by atoms with Gasteiger partial charge >= 0.3 is 5.97 Å². The lowest BCUT2D eigenvalue weighted by molar-refractivity contribution is -0.137. The van der Waals surface area contributed by atoms with Gasteiger partial charge in [-0.3, -0.25) is 4.79 Å². The van der Waals surface area contributed by atoms with Crippen molar-refractivity contribution in [2.24, 2.45) is 5.73 Å². The molecule has 3 N–H and O–H groups in total. The number of likely N-dealkylation sites (N-methyl/N-ethyl adjacent to an activating group) is 1. The highest BCUT2D eigenvalue weighted by atomic mass is 79.9. The number of benzene rings is 1. The third kappa shape index (κ3) is 4.20. The lowest BCUT2D eigenvalue weighted by atomic mass is 10.2. The van der Waals surface area contributed by atoms with E-state index in [1.54, 1.807) is 0 Å². The van der Waals surface area contributed by atoms with Crippen LogP contribution in [0.3, 0.4) is 0 Å². The molecular weight excluding hydrogens is 272 g/mol. The summed E-state index contributed by atoms with van der Waals surface area (Å²) in [4.78, 5) is 12.4. The van der Waals surface area contributed by atoms with Crippen LogP contribution < -0.4 is 10.6 Å². The van der Waals surface area contributed by atoms with Gasteiger partial charge in [0.1, 0.15) is 0 Å². The number of carbonyl (C=O) groups is 1. The highest BCUT2D eigenvalue weighted by Gasteiger charge is 2.11. The number of rotatable bonds is 5. The van der Waals surface area contributed by atoms with Gasteiger partial charge in [0.05, 0.1) is 6.42 Å². The molecule has 0 bridgehead atoms. The van der Waals surface area contributed by atoms with Crippen molar-refractivity contribution in [1.29, 1.82) is 0 Å². The fraction of sp³-hybridized carbons (Fsp3) is 0.364. The van der Waals surface area contributed by atoms with Crippen molar-refractivity contribution in [2.75, 3.05) is 18.5 Å². The molecule has 0 aliphatic rings. The Bertz CT molecular complexity index is 354. The number of nitrogens with zero attached hydrogens (tertiary/aromatic N) is 1. The summed E-state index contributed by atoms with van der Waals surface area (Å²) in [5.74, 6) is -0.864. The van der Waals surface area contributed by atoms with Crippen LogP contribution in [0.4, 0.5) is 5.69 Å². The van der Waals surface area contributed by atoms with Gasteiger partial charge in [0.2, 0.25) is 0 Å². The second kappa shape index (κ2) is 5.86. The molecule has 5 heteroatoms. The standard InChI is InChI=1S/C11H15BrN2O2/c1-14(7-9(13)6-11(15)16)10-4-2-8(12)3-5-10/h2-5,9H,6-7,13H2,1H3,(H,15,16). The SMILES string of the molecule is CN(CC(N)CC(=O)O)c1ccc(Br)cc1. The predicted molar refractivity (Wildman–Crippen MR) is 67.6 cm³/mol. The lowest BCUT2D eigenvalue weighted by Crippen LogP contribution is -2.36. The minimum atomic E-state index is -0.864. The Morgan fingerprint density at radius 1 is 1.50 bits per heavy atom. The topological polar surface area (TPSA) is 66.6 Å². The van der Waals surface area contributed by atoms with Crippen LogP contribution in [0.2, 0.25) is 0 Å². The van der Waals surface area contributed by atoms with E-state index in [9.17, 15) is 4.79 Å². The molecule has 4 nitrogen and oxygen atoms in total. The van der Waals surface area contributed by atoms with Gasteiger partial charge < -0.3 is 15.7 Å². The average Bonchev–Trinajstić information content (AvgIpc) is 2.16. The quantitative estimate of drug-likeness (QED) is 0.864. The van der Waals surface area contributed by atoms with Gasteiger partial charge in [0.15, 0.2) is 0 Å². The molecule has 0 radical (unpaired) electrons. The van der Waals surface area contributed by atoms with E-state index < -0.39 is 5.97 Å². The predicted octanol–water partition coefficient (Wildman–Crippen LogP) is 1.69. The zero-order chi connectivity index (χ0) is 12.1. The highest BCUT2D eigenvalue weighted by Crippen LogP contribution is 2.17. The molecule has 0 aromatic heterocycles. The second-order valence-corrected chi connectivity index (χ2v) is 4.63. The van der Waals surface area contributed by atoms with E-state index >= 15 is 0 Å². The highest BCUT2D eigenvalue weighted by molar-refractivity contribution is 9.10. The number of nitrogens with two attached hydrogens (primary N) is 1. The Labute approximate surface area is 103 Å². The van der Waals surface area contributed by atoms with Crippen LogP contribution in [0.1, 0.15) is 6.42 Å². The van der Waals surface area contributed by atoms with Crippen molar-refractivity contribution in [2.45, 2.75) is 12.5 Å². The van der Waals surface area contributed by atoms with E-state index in [0.29, 0.717) is 6.54 Å². The molecule has 0 heterocycles. The van der Waals surface area contributed by atoms with Gasteiger partial charge in [0.25, 0.3) is 0 Å². The zero-order valence-electron chi connectivity index (χ0n) is 9.06. The van der Waals surface area contributed by atoms with Crippen LogP contribution in [0.15, 0.2) is 28.7 Å². The first kappa shape index (κ1) is 13.0. The first-order chi connectivity index (χ1) is 7.49. The number of anilines is 1. The van der Waals surface area contributed by atoms with Gasteiger partial charge in [-0.15, -0.1) is 0 Å². The summed E-state index contributed by atoms with van der Waals surface area (Å²) >= 11 is 3.36. The Morgan fingerprint density at radius 3 is 2.56 bits per heavy atom. The second-order valence-electron chi connectivity index (χ2n) is 3.71. The first-order valence-corrected chi connectivity index (χ1v) is 5.72. The largest absolute Gasteiger partial charge is 0.481 e. The molecule has 0 amide bonds. The molecule has 16 heavy (non-hydrogen) atoms. The molecule has 0 saturated carbocycles. The maximum Gasteiger partial charge on any atom is 0.304 e. The summed E-state index contributed by atoms with van der Waals surface area (Å²) in [6, 6.07) is 7.43. The summed E-state index contributed by atoms with van der Waals surface area (Å²) in [6.45, 7) is 0.522. The fourth-order valence-corrected chi connectivity index (χ4v) is 1.71. The van der Waals surface area contributed by atoms with Crippen LogP contribution in [-0.2, 0) is 4.79 Å². The monoisotopic (exact) mass is 286 g/mol. The number of aliphatic carboxylic acids is 1. The molecule has 1 aromatic rings. The maximum atomic E-state index is 10.5. The summed E-state index contributed by atoms with van der Waals surface area (Å²) in [5.41, 5.74) is 6.73. The number of carboxylic acids is 1. The molecule has 0 aliphatic heterocycles. The van der Waals surface area contributed by atoms with Gasteiger partial charge in [0, 0.05) is 29.8 Å². The first-order valence-electron chi connectivity index (χ1n) is 4.93. The van der Waals surface area contributed by atoms with E-state index in [0.717, 1.165) is 10.2 Å². The van der Waals surface area contributed by atoms with Crippen molar-refractivity contribution >= 4 is 27.6 Å². The van der Waals surface area contributed by atoms with E-state index in [2.05, 4.69) is 15.9 Å². The Balaban J connectivity index is 2.54. The number of halogens is 1. The minimum Gasteiger partial charge on any atom is -0.481 e. The van der Waals surface area contributed by atoms with Crippen molar-refractivity contribution in [3.05, 3.63) is 28.7 Å². The minimum absolute atomic E-state index is 0.0130. The number of hydrogen-bond acceptors (Lipinski definition) is 3. The number of carboxylic acid groups (broad SMARTS) is 1. The average molecular weight is 287 g/mol. The van der Waals surface area contributed by atoms with E-state index in [4.69, 9.17) is 10.8 Å². The molecule has 1 aromatic carbocycles. The van der Waals surface area contributed by atoms with E-state index in [1.807, 2.05) is 36.2 Å². The van der Waals surface area contributed by atoms with Crippen molar-refractivity contribution in [3.8, 4) is 0 Å². The zero-order valence-corrected chi connectivity index (χ0v) is 10.6. The van der Waals surface area contributed by atoms with Crippen molar-refractivity contribution in [3.63, 3.8) is 0 Å². The molecule has 0 fully saturated rings. The smallest absolute Gasteiger partial charge is 0.304 e. The molecule has 0 aliphatic carbocycles. The normalized spacial score (nSPS) is 12.2. The van der Waals surface area contributed by atoms with Gasteiger partial charge in [-0.25, -0.2) is 0 Å². The Hall–Kier alpha value is -1.07. The summed E-state index contributed by atoms with van der Waals surface area (Å²) in [6.07, 6.45) is -0.0130. The maximum absolute atomic E-state index is 10.5. The van der Waals surface area contributed by atoms with Crippen LogP contribution in [0.5, 0.6) is 0 Å². The summed E-state index contributed by atoms with van der Waals surface area (Å²) in [7, 11) is 1.89. The summed E-state index contributed by atoms with van der Waals surface area (Å²) < 4.78 is 1.01. The lowest BCUT2D eigenvalue weighted by Gasteiger charge is -2.22. The van der Waals surface area contributed by atoms with Crippen LogP contribution in [0, 0.1) is 0 Å². The molecular formula is C11H15BrN2O2. The Kier molecular flexibility index (Phi) is 4.76. The molecule has 0 saturated heterocycles. The Morgan fingerprint density at radius 2 is 2.06 bits per heavy atom. The molecule has 1 rings (SSSR count). The molecule has 1 unspecified atom stereocenters. The summed E-state index contributed by atoms with van der Waals surface area (Å²) in [5, 5.41) is 8.60. The van der Waals surface area contributed by atoms with Crippen molar-refractivity contribution < 1.29 is 9.90 Å². The molecule has 88 valence electrons. The third-order valence-corrected chi connectivity index (χ3v) is 2.74.